The van der Waals surface area contributed by atoms with Gasteiger partial charge in [-0.3, -0.25) is 9.59 Å². The predicted molar refractivity (Wildman–Crippen MR) is 352 cm³/mol. The summed E-state index contributed by atoms with van der Waals surface area (Å²) in [6.45, 7) is 4.99. The molecule has 0 aromatic rings. The highest BCUT2D eigenvalue weighted by Gasteiger charge is 2.20. The Hall–Kier alpha value is -1.66. The van der Waals surface area contributed by atoms with Crippen molar-refractivity contribution in [2.75, 3.05) is 13.2 Å². The van der Waals surface area contributed by atoms with E-state index in [1.807, 2.05) is 0 Å². The number of ether oxygens (including phenoxy) is 1. The Morgan fingerprint density at radius 1 is 0.350 bits per heavy atom. The summed E-state index contributed by atoms with van der Waals surface area (Å²) in [5.41, 5.74) is 0. The predicted octanol–water partition coefficient (Wildman–Crippen LogP) is 23.7. The maximum absolute atomic E-state index is 12.6. The highest BCUT2D eigenvalue weighted by atomic mass is 16.5. The van der Waals surface area contributed by atoms with Gasteiger partial charge in [0, 0.05) is 12.8 Å². The lowest BCUT2D eigenvalue weighted by atomic mass is 10.0. The van der Waals surface area contributed by atoms with Crippen molar-refractivity contribution in [3.05, 3.63) is 24.3 Å². The molecule has 0 aliphatic rings. The molecule has 0 aliphatic carbocycles. The van der Waals surface area contributed by atoms with Gasteiger partial charge in [0.1, 0.15) is 0 Å². The lowest BCUT2D eigenvalue weighted by Crippen LogP contribution is -2.45. The molecule has 2 atom stereocenters. The molecule has 80 heavy (non-hydrogen) atoms. The third-order valence-corrected chi connectivity index (χ3v) is 17.3. The molecule has 0 fully saturated rings. The topological polar surface area (TPSA) is 95.9 Å². The lowest BCUT2D eigenvalue weighted by molar-refractivity contribution is -0.143. The molecule has 0 saturated carbocycles. The van der Waals surface area contributed by atoms with Gasteiger partial charge in [-0.1, -0.05) is 366 Å². The minimum absolute atomic E-state index is 0.0131. The summed E-state index contributed by atoms with van der Waals surface area (Å²) < 4.78 is 5.48. The number of esters is 1. The zero-order valence-corrected chi connectivity index (χ0v) is 54.3. The summed E-state index contributed by atoms with van der Waals surface area (Å²) in [4.78, 5) is 24.6. The number of hydrogen-bond donors (Lipinski definition) is 3. The Kier molecular flexibility index (Phi) is 68.4. The van der Waals surface area contributed by atoms with E-state index in [4.69, 9.17) is 4.74 Å². The fourth-order valence-electron chi connectivity index (χ4n) is 11.7. The van der Waals surface area contributed by atoms with E-state index in [0.717, 1.165) is 44.9 Å². The second-order valence-corrected chi connectivity index (χ2v) is 25.3. The van der Waals surface area contributed by atoms with Crippen LogP contribution in [0.5, 0.6) is 0 Å². The number of allylic oxidation sites excluding steroid dienone is 4. The molecule has 0 bridgehead atoms. The number of carbonyl (C=O) groups excluding carboxylic acids is 2. The van der Waals surface area contributed by atoms with Gasteiger partial charge in [0.25, 0.3) is 0 Å². The van der Waals surface area contributed by atoms with Crippen molar-refractivity contribution in [2.45, 2.75) is 424 Å². The van der Waals surface area contributed by atoms with Gasteiger partial charge in [0.05, 0.1) is 25.4 Å². The fraction of sp³-hybridized carbons (Fsp3) is 0.919. The largest absolute Gasteiger partial charge is 0.466 e. The van der Waals surface area contributed by atoms with Crippen molar-refractivity contribution in [3.63, 3.8) is 0 Å². The molecule has 0 heterocycles. The Morgan fingerprint density at radius 3 is 0.950 bits per heavy atom. The monoisotopic (exact) mass is 1130 g/mol. The van der Waals surface area contributed by atoms with Crippen molar-refractivity contribution in [1.29, 1.82) is 0 Å². The van der Waals surface area contributed by atoms with Crippen LogP contribution in [0, 0.1) is 0 Å². The van der Waals surface area contributed by atoms with Crippen LogP contribution >= 0.6 is 0 Å². The minimum Gasteiger partial charge on any atom is -0.466 e. The van der Waals surface area contributed by atoms with Gasteiger partial charge in [-0.05, 0) is 57.8 Å². The van der Waals surface area contributed by atoms with Crippen LogP contribution < -0.4 is 5.32 Å². The molecular weight excluding hydrogens is 983 g/mol. The molecule has 6 nitrogen and oxygen atoms in total. The van der Waals surface area contributed by atoms with Gasteiger partial charge in [0.15, 0.2) is 0 Å². The van der Waals surface area contributed by atoms with Crippen LogP contribution in [0.3, 0.4) is 0 Å². The molecule has 1 amide bonds. The van der Waals surface area contributed by atoms with Crippen LogP contribution in [0.1, 0.15) is 412 Å². The third kappa shape index (κ3) is 65.5. The summed E-state index contributed by atoms with van der Waals surface area (Å²) in [6, 6.07) is -0.545. The zero-order valence-electron chi connectivity index (χ0n) is 54.3. The number of amides is 1. The number of rotatable bonds is 69. The van der Waals surface area contributed by atoms with E-state index in [1.165, 1.54) is 334 Å². The van der Waals surface area contributed by atoms with Crippen molar-refractivity contribution in [1.82, 2.24) is 5.32 Å². The Bertz CT molecular complexity index is 1250. The Morgan fingerprint density at radius 2 is 0.625 bits per heavy atom. The smallest absolute Gasteiger partial charge is 0.305 e. The van der Waals surface area contributed by atoms with E-state index in [1.54, 1.807) is 0 Å². The molecule has 2 unspecified atom stereocenters. The third-order valence-electron chi connectivity index (χ3n) is 17.3. The molecule has 0 aromatic carbocycles. The standard InChI is InChI=1S/C74H143NO5/c1-3-5-7-9-11-13-15-17-18-19-20-21-27-30-33-36-39-43-46-50-54-58-62-66-72(77)71(70-76)75-73(78)67-63-59-55-51-47-44-40-37-34-31-28-25-23-22-24-26-29-32-35-38-41-45-49-53-57-61-65-69-80-74(79)68-64-60-56-52-48-42-16-14-12-10-8-6-4-2/h22-23,26,29,71-72,76-77H,3-21,24-25,27-28,30-70H2,1-2H3,(H,75,78)/b23-22-,29-26-. The van der Waals surface area contributed by atoms with Gasteiger partial charge in [-0.25, -0.2) is 0 Å². The summed E-state index contributed by atoms with van der Waals surface area (Å²) in [5, 5.41) is 23.4. The van der Waals surface area contributed by atoms with Gasteiger partial charge in [0.2, 0.25) is 5.91 Å². The van der Waals surface area contributed by atoms with Crippen LogP contribution in [-0.4, -0.2) is 47.4 Å². The Labute approximate surface area is 501 Å². The molecule has 0 saturated heterocycles. The molecule has 6 heteroatoms. The summed E-state index contributed by atoms with van der Waals surface area (Å²) in [5.74, 6) is -0.0202. The lowest BCUT2D eigenvalue weighted by Gasteiger charge is -2.22. The zero-order chi connectivity index (χ0) is 57.8. The van der Waals surface area contributed by atoms with Crippen LogP contribution in [0.2, 0.25) is 0 Å². The van der Waals surface area contributed by atoms with E-state index in [9.17, 15) is 19.8 Å². The second kappa shape index (κ2) is 69.8. The van der Waals surface area contributed by atoms with Crippen molar-refractivity contribution < 1.29 is 24.5 Å². The van der Waals surface area contributed by atoms with Crippen LogP contribution in [0.25, 0.3) is 0 Å². The van der Waals surface area contributed by atoms with Gasteiger partial charge in [-0.15, -0.1) is 0 Å². The maximum Gasteiger partial charge on any atom is 0.305 e. The first-order valence-electron chi connectivity index (χ1n) is 36.6. The van der Waals surface area contributed by atoms with Crippen LogP contribution in [0.4, 0.5) is 0 Å². The normalized spacial score (nSPS) is 12.6. The molecule has 0 aliphatic heterocycles. The average Bonchev–Trinajstić information content (AvgIpc) is 3.46. The van der Waals surface area contributed by atoms with Crippen LogP contribution in [0.15, 0.2) is 24.3 Å². The number of hydrogen-bond acceptors (Lipinski definition) is 5. The summed E-state index contributed by atoms with van der Waals surface area (Å²) in [6.07, 6.45) is 88.0. The highest BCUT2D eigenvalue weighted by molar-refractivity contribution is 5.76. The number of nitrogens with one attached hydrogen (secondary N) is 1. The fourth-order valence-corrected chi connectivity index (χ4v) is 11.7. The number of unbranched alkanes of at least 4 members (excludes halogenated alkanes) is 54. The van der Waals surface area contributed by atoms with Crippen molar-refractivity contribution >= 4 is 11.9 Å². The SMILES string of the molecule is CCCCCCCCCCCCCCCCCCCCCCCCCC(O)C(CO)NC(=O)CCCCCCCCCCCCC/C=C\C/C=C\CCCCCCCCCCCOC(=O)CCCCCCCCCCCCCCC. The quantitative estimate of drug-likeness (QED) is 0.0320. The first-order valence-corrected chi connectivity index (χ1v) is 36.6. The maximum atomic E-state index is 12.6. The Balaban J connectivity index is 3.41. The summed E-state index contributed by atoms with van der Waals surface area (Å²) >= 11 is 0. The van der Waals surface area contributed by atoms with Crippen LogP contribution in [-0.2, 0) is 14.3 Å². The molecule has 0 spiro atoms. The van der Waals surface area contributed by atoms with E-state index >= 15 is 0 Å². The first kappa shape index (κ1) is 78.3. The van der Waals surface area contributed by atoms with E-state index < -0.39 is 12.1 Å². The molecule has 3 N–H and O–H groups in total. The highest BCUT2D eigenvalue weighted by Crippen LogP contribution is 2.19. The molecular formula is C74H143NO5. The molecule has 0 rings (SSSR count). The molecule has 0 radical (unpaired) electrons. The molecule has 0 aromatic heterocycles. The van der Waals surface area contributed by atoms with Gasteiger partial charge in [-0.2, -0.15) is 0 Å². The number of aliphatic hydroxyl groups excluding tert-OH is 2. The van der Waals surface area contributed by atoms with Crippen molar-refractivity contribution in [2.24, 2.45) is 0 Å². The van der Waals surface area contributed by atoms with E-state index in [-0.39, 0.29) is 18.5 Å². The number of carbonyl (C=O) groups is 2. The first-order chi connectivity index (χ1) is 39.5. The van der Waals surface area contributed by atoms with Gasteiger partial charge >= 0.3 is 5.97 Å². The van der Waals surface area contributed by atoms with E-state index in [2.05, 4.69) is 43.5 Å². The van der Waals surface area contributed by atoms with Crippen molar-refractivity contribution in [3.8, 4) is 0 Å². The minimum atomic E-state index is -0.668. The molecule has 474 valence electrons. The number of aliphatic hydroxyl groups is 2. The summed E-state index contributed by atoms with van der Waals surface area (Å²) in [7, 11) is 0. The van der Waals surface area contributed by atoms with Gasteiger partial charge < -0.3 is 20.3 Å². The average molecular weight is 1130 g/mol. The second-order valence-electron chi connectivity index (χ2n) is 25.3. The van der Waals surface area contributed by atoms with E-state index in [0.29, 0.717) is 25.9 Å².